The minimum Gasteiger partial charge on any atom is -0.381 e. The Morgan fingerprint density at radius 2 is 2.38 bits per heavy atom. The van der Waals surface area contributed by atoms with Crippen LogP contribution < -0.4 is 11.1 Å². The van der Waals surface area contributed by atoms with Gasteiger partial charge >= 0.3 is 0 Å². The Morgan fingerprint density at radius 1 is 1.69 bits per heavy atom. The molecule has 4 heteroatoms. The molecule has 1 saturated heterocycles. The summed E-state index contributed by atoms with van der Waals surface area (Å²) in [6.45, 7) is 7.41. The molecule has 1 aliphatic heterocycles. The average Bonchev–Trinajstić information content (AvgIpc) is 2.70. The van der Waals surface area contributed by atoms with Gasteiger partial charge in [0.15, 0.2) is 0 Å². The number of carbonyl (C=O) groups is 1. The van der Waals surface area contributed by atoms with Crippen LogP contribution in [0.3, 0.4) is 0 Å². The van der Waals surface area contributed by atoms with Crippen LogP contribution in [0.4, 0.5) is 0 Å². The highest BCUT2D eigenvalue weighted by Crippen LogP contribution is 2.17. The number of nitrogens with two attached hydrogens (primary N) is 1. The third kappa shape index (κ3) is 3.46. The van der Waals surface area contributed by atoms with E-state index >= 15 is 0 Å². The summed E-state index contributed by atoms with van der Waals surface area (Å²) in [5.74, 6) is 0.384. The topological polar surface area (TPSA) is 64.4 Å². The van der Waals surface area contributed by atoms with Crippen LogP contribution in [-0.4, -0.2) is 30.7 Å². The summed E-state index contributed by atoms with van der Waals surface area (Å²) in [4.78, 5) is 11.9. The summed E-state index contributed by atoms with van der Waals surface area (Å²) in [6, 6.07) is 0.148. The predicted octanol–water partition coefficient (Wildman–Crippen LogP) is 1.05. The van der Waals surface area contributed by atoms with Gasteiger partial charge < -0.3 is 15.8 Å². The van der Waals surface area contributed by atoms with Gasteiger partial charge in [0.25, 0.3) is 0 Å². The second kappa shape index (κ2) is 5.64. The van der Waals surface area contributed by atoms with Gasteiger partial charge in [-0.15, -0.1) is 0 Å². The van der Waals surface area contributed by atoms with Crippen molar-refractivity contribution in [1.82, 2.24) is 5.32 Å². The van der Waals surface area contributed by atoms with Crippen LogP contribution in [0.1, 0.15) is 40.0 Å². The number of hydrogen-bond acceptors (Lipinski definition) is 3. The Labute approximate surface area is 97.9 Å². The van der Waals surface area contributed by atoms with Gasteiger partial charge in [0, 0.05) is 18.6 Å². The SMILES string of the molecule is CCCC(C)(N)C(=O)NC(C)C1CCOC1. The summed E-state index contributed by atoms with van der Waals surface area (Å²) in [5, 5.41) is 3.00. The zero-order valence-corrected chi connectivity index (χ0v) is 10.6. The van der Waals surface area contributed by atoms with Gasteiger partial charge in [-0.3, -0.25) is 4.79 Å². The van der Waals surface area contributed by atoms with Crippen LogP contribution in [-0.2, 0) is 9.53 Å². The van der Waals surface area contributed by atoms with Crippen LogP contribution in [0.25, 0.3) is 0 Å². The first-order chi connectivity index (χ1) is 7.47. The fourth-order valence-electron chi connectivity index (χ4n) is 2.07. The molecule has 0 spiro atoms. The average molecular weight is 228 g/mol. The minimum absolute atomic E-state index is 0.0475. The zero-order valence-electron chi connectivity index (χ0n) is 10.6. The Bertz CT molecular complexity index is 235. The molecule has 0 aromatic rings. The highest BCUT2D eigenvalue weighted by molar-refractivity contribution is 5.85. The largest absolute Gasteiger partial charge is 0.381 e. The van der Waals surface area contributed by atoms with Gasteiger partial charge in [0.05, 0.1) is 12.1 Å². The van der Waals surface area contributed by atoms with Crippen LogP contribution >= 0.6 is 0 Å². The molecule has 1 rings (SSSR count). The molecule has 0 aromatic carbocycles. The molecule has 3 N–H and O–H groups in total. The van der Waals surface area contributed by atoms with Crippen LogP contribution in [0, 0.1) is 5.92 Å². The van der Waals surface area contributed by atoms with Crippen molar-refractivity contribution < 1.29 is 9.53 Å². The molecule has 94 valence electrons. The summed E-state index contributed by atoms with van der Waals surface area (Å²) < 4.78 is 5.31. The molecule has 0 aromatic heterocycles. The first-order valence-corrected chi connectivity index (χ1v) is 6.15. The minimum atomic E-state index is -0.748. The fourth-order valence-corrected chi connectivity index (χ4v) is 2.07. The molecule has 0 radical (unpaired) electrons. The van der Waals surface area contributed by atoms with E-state index in [9.17, 15) is 4.79 Å². The van der Waals surface area contributed by atoms with Crippen molar-refractivity contribution in [3.8, 4) is 0 Å². The molecule has 0 saturated carbocycles. The standard InChI is InChI=1S/C12H24N2O2/c1-4-6-12(3,13)11(15)14-9(2)10-5-7-16-8-10/h9-10H,4-8,13H2,1-3H3,(H,14,15). The predicted molar refractivity (Wildman–Crippen MR) is 64.0 cm³/mol. The number of ether oxygens (including phenoxy) is 1. The lowest BCUT2D eigenvalue weighted by Crippen LogP contribution is -2.54. The van der Waals surface area contributed by atoms with E-state index in [-0.39, 0.29) is 11.9 Å². The number of hydrogen-bond donors (Lipinski definition) is 2. The number of amides is 1. The third-order valence-corrected chi connectivity index (χ3v) is 3.32. The van der Waals surface area contributed by atoms with Crippen LogP contribution in [0.5, 0.6) is 0 Å². The van der Waals surface area contributed by atoms with E-state index in [4.69, 9.17) is 10.5 Å². The maximum absolute atomic E-state index is 11.9. The van der Waals surface area contributed by atoms with Crippen molar-refractivity contribution in [3.05, 3.63) is 0 Å². The van der Waals surface area contributed by atoms with Crippen molar-refractivity contribution in [3.63, 3.8) is 0 Å². The lowest BCUT2D eigenvalue weighted by molar-refractivity contribution is -0.127. The molecule has 0 bridgehead atoms. The Kier molecular flexibility index (Phi) is 4.74. The van der Waals surface area contributed by atoms with Crippen molar-refractivity contribution in [2.24, 2.45) is 11.7 Å². The van der Waals surface area contributed by atoms with Crippen molar-refractivity contribution in [1.29, 1.82) is 0 Å². The molecule has 0 aliphatic carbocycles. The summed E-state index contributed by atoms with van der Waals surface area (Å²) in [7, 11) is 0. The van der Waals surface area contributed by atoms with E-state index in [1.807, 2.05) is 13.8 Å². The van der Waals surface area contributed by atoms with E-state index in [1.54, 1.807) is 6.92 Å². The molecule has 1 aliphatic rings. The zero-order chi connectivity index (χ0) is 12.2. The third-order valence-electron chi connectivity index (χ3n) is 3.32. The molecular formula is C12H24N2O2. The second-order valence-electron chi connectivity index (χ2n) is 5.05. The maximum atomic E-state index is 11.9. The fraction of sp³-hybridized carbons (Fsp3) is 0.917. The normalized spacial score (nSPS) is 26.1. The summed E-state index contributed by atoms with van der Waals surface area (Å²) in [5.41, 5.74) is 5.23. The van der Waals surface area contributed by atoms with E-state index in [0.29, 0.717) is 12.3 Å². The van der Waals surface area contributed by atoms with Crippen molar-refractivity contribution >= 4 is 5.91 Å². The summed E-state index contributed by atoms with van der Waals surface area (Å²) >= 11 is 0. The number of carbonyl (C=O) groups excluding carboxylic acids is 1. The van der Waals surface area contributed by atoms with Crippen molar-refractivity contribution in [2.45, 2.75) is 51.6 Å². The molecule has 1 amide bonds. The van der Waals surface area contributed by atoms with E-state index < -0.39 is 5.54 Å². The molecule has 16 heavy (non-hydrogen) atoms. The van der Waals surface area contributed by atoms with Crippen LogP contribution in [0.2, 0.25) is 0 Å². The van der Waals surface area contributed by atoms with E-state index in [1.165, 1.54) is 0 Å². The lowest BCUT2D eigenvalue weighted by Gasteiger charge is -2.27. The van der Waals surface area contributed by atoms with Gasteiger partial charge in [0.2, 0.25) is 5.91 Å². The Morgan fingerprint density at radius 3 is 2.88 bits per heavy atom. The van der Waals surface area contributed by atoms with Gasteiger partial charge in [-0.2, -0.15) is 0 Å². The highest BCUT2D eigenvalue weighted by Gasteiger charge is 2.31. The second-order valence-corrected chi connectivity index (χ2v) is 5.05. The van der Waals surface area contributed by atoms with Crippen molar-refractivity contribution in [2.75, 3.05) is 13.2 Å². The number of rotatable bonds is 5. The van der Waals surface area contributed by atoms with Gasteiger partial charge in [-0.1, -0.05) is 13.3 Å². The maximum Gasteiger partial charge on any atom is 0.240 e. The monoisotopic (exact) mass is 228 g/mol. The van der Waals surface area contributed by atoms with E-state index in [2.05, 4.69) is 5.32 Å². The first-order valence-electron chi connectivity index (χ1n) is 6.15. The molecular weight excluding hydrogens is 204 g/mol. The molecule has 4 nitrogen and oxygen atoms in total. The lowest BCUT2D eigenvalue weighted by atomic mass is 9.94. The smallest absolute Gasteiger partial charge is 0.240 e. The quantitative estimate of drug-likeness (QED) is 0.739. The van der Waals surface area contributed by atoms with Gasteiger partial charge in [0.1, 0.15) is 0 Å². The number of nitrogens with one attached hydrogen (secondary N) is 1. The van der Waals surface area contributed by atoms with Gasteiger partial charge in [-0.25, -0.2) is 0 Å². The molecule has 1 heterocycles. The van der Waals surface area contributed by atoms with Crippen LogP contribution in [0.15, 0.2) is 0 Å². The first kappa shape index (κ1) is 13.5. The molecule has 3 unspecified atom stereocenters. The Balaban J connectivity index is 2.43. The highest BCUT2D eigenvalue weighted by atomic mass is 16.5. The molecule has 3 atom stereocenters. The Hall–Kier alpha value is -0.610. The molecule has 1 fully saturated rings. The van der Waals surface area contributed by atoms with Gasteiger partial charge in [-0.05, 0) is 26.7 Å². The van der Waals surface area contributed by atoms with E-state index in [0.717, 1.165) is 26.1 Å². The summed E-state index contributed by atoms with van der Waals surface area (Å²) in [6.07, 6.45) is 2.66.